The molecule has 0 spiro atoms. The van der Waals surface area contributed by atoms with E-state index in [0.717, 1.165) is 5.56 Å². The third kappa shape index (κ3) is 3.18. The predicted molar refractivity (Wildman–Crippen MR) is 61.3 cm³/mol. The quantitative estimate of drug-likeness (QED) is 0.592. The highest BCUT2D eigenvalue weighted by atomic mass is 35.5. The van der Waals surface area contributed by atoms with Crippen molar-refractivity contribution in [3.8, 4) is 0 Å². The fourth-order valence-corrected chi connectivity index (χ4v) is 1.50. The Bertz CT molecular complexity index is 355. The Balaban J connectivity index is 3.02. The molecule has 1 aromatic rings. The molecule has 5 heteroatoms. The van der Waals surface area contributed by atoms with Crippen LogP contribution in [-0.2, 0) is 6.42 Å². The smallest absolute Gasteiger partial charge is 0.138 e. The number of nitrogens with zero attached hydrogens (tertiary/aromatic N) is 2. The van der Waals surface area contributed by atoms with E-state index >= 15 is 0 Å². The topological polar surface area (TPSA) is 58.0 Å². The van der Waals surface area contributed by atoms with Crippen LogP contribution in [0.5, 0.6) is 0 Å². The number of rotatable bonds is 5. The number of hydrogen-bond acceptors (Lipinski definition) is 4. The van der Waals surface area contributed by atoms with Gasteiger partial charge in [0.1, 0.15) is 16.8 Å². The lowest BCUT2D eigenvalue weighted by Crippen LogP contribution is -2.11. The number of aromatic nitrogens is 2. The van der Waals surface area contributed by atoms with Crippen molar-refractivity contribution in [1.82, 2.24) is 9.97 Å². The first-order valence-corrected chi connectivity index (χ1v) is 5.05. The number of allylic oxidation sites excluding steroid dienone is 1. The molecule has 0 radical (unpaired) electrons. The number of aliphatic hydroxyl groups is 1. The number of aryl methyl sites for hydroxylation is 1. The highest BCUT2D eigenvalue weighted by molar-refractivity contribution is 6.30. The van der Waals surface area contributed by atoms with E-state index in [0.29, 0.717) is 29.8 Å². The molecule has 2 N–H and O–H groups in total. The van der Waals surface area contributed by atoms with Crippen molar-refractivity contribution in [2.24, 2.45) is 0 Å². The van der Waals surface area contributed by atoms with Crippen molar-refractivity contribution in [1.29, 1.82) is 0 Å². The lowest BCUT2D eigenvalue weighted by atomic mass is 10.2. The van der Waals surface area contributed by atoms with Gasteiger partial charge in [-0.2, -0.15) is 0 Å². The van der Waals surface area contributed by atoms with E-state index in [1.54, 1.807) is 13.0 Å². The fraction of sp³-hybridized carbons (Fsp3) is 0.400. The molecule has 0 saturated heterocycles. The van der Waals surface area contributed by atoms with Crippen LogP contribution in [0.15, 0.2) is 12.7 Å². The van der Waals surface area contributed by atoms with Crippen LogP contribution in [0.3, 0.4) is 0 Å². The Morgan fingerprint density at radius 1 is 1.53 bits per heavy atom. The molecule has 0 aromatic carbocycles. The van der Waals surface area contributed by atoms with Gasteiger partial charge in [-0.3, -0.25) is 0 Å². The Kier molecular flexibility index (Phi) is 4.52. The Morgan fingerprint density at radius 2 is 2.27 bits per heavy atom. The van der Waals surface area contributed by atoms with E-state index in [1.165, 1.54) is 0 Å². The highest BCUT2D eigenvalue weighted by Crippen LogP contribution is 2.21. The second kappa shape index (κ2) is 5.68. The number of halogens is 1. The number of anilines is 1. The Hall–Kier alpha value is -1.13. The molecule has 0 saturated carbocycles. The molecule has 82 valence electrons. The number of hydrogen-bond donors (Lipinski definition) is 2. The third-order valence-corrected chi connectivity index (χ3v) is 2.13. The maximum Gasteiger partial charge on any atom is 0.138 e. The van der Waals surface area contributed by atoms with E-state index in [1.807, 2.05) is 0 Å². The van der Waals surface area contributed by atoms with Gasteiger partial charge in [0.2, 0.25) is 0 Å². The summed E-state index contributed by atoms with van der Waals surface area (Å²) in [5, 5.41) is 12.2. The van der Waals surface area contributed by atoms with Gasteiger partial charge in [-0.1, -0.05) is 17.7 Å². The standard InChI is InChI=1S/C10H14ClN3O/c1-3-4-8-9(11)13-7(2)14-10(8)12-5-6-15/h3,15H,1,4-6H2,2H3,(H,12,13,14). The molecule has 15 heavy (non-hydrogen) atoms. The van der Waals surface area contributed by atoms with Crippen LogP contribution in [-0.4, -0.2) is 28.2 Å². The number of aliphatic hydroxyl groups excluding tert-OH is 1. The molecule has 4 nitrogen and oxygen atoms in total. The monoisotopic (exact) mass is 227 g/mol. The van der Waals surface area contributed by atoms with Gasteiger partial charge in [-0.25, -0.2) is 9.97 Å². The molecule has 0 fully saturated rings. The lowest BCUT2D eigenvalue weighted by molar-refractivity contribution is 0.311. The van der Waals surface area contributed by atoms with Crippen molar-refractivity contribution in [2.45, 2.75) is 13.3 Å². The van der Waals surface area contributed by atoms with Gasteiger partial charge in [-0.15, -0.1) is 6.58 Å². The van der Waals surface area contributed by atoms with Crippen LogP contribution in [0.4, 0.5) is 5.82 Å². The minimum Gasteiger partial charge on any atom is -0.395 e. The third-order valence-electron chi connectivity index (χ3n) is 1.82. The second-order valence-corrected chi connectivity index (χ2v) is 3.39. The molecule has 0 atom stereocenters. The summed E-state index contributed by atoms with van der Waals surface area (Å²) in [7, 11) is 0. The summed E-state index contributed by atoms with van der Waals surface area (Å²) < 4.78 is 0. The first-order chi connectivity index (χ1) is 7.19. The molecular weight excluding hydrogens is 214 g/mol. The molecule has 0 amide bonds. The van der Waals surface area contributed by atoms with Crippen molar-refractivity contribution in [3.05, 3.63) is 29.2 Å². The summed E-state index contributed by atoms with van der Waals surface area (Å²) in [5.74, 6) is 1.27. The van der Waals surface area contributed by atoms with Crippen LogP contribution in [0.2, 0.25) is 5.15 Å². The van der Waals surface area contributed by atoms with Gasteiger partial charge in [0.15, 0.2) is 0 Å². The molecule has 1 rings (SSSR count). The zero-order valence-electron chi connectivity index (χ0n) is 8.63. The molecule has 0 aliphatic rings. The zero-order chi connectivity index (χ0) is 11.3. The normalized spacial score (nSPS) is 10.1. The minimum absolute atomic E-state index is 0.0498. The Morgan fingerprint density at radius 3 is 2.87 bits per heavy atom. The van der Waals surface area contributed by atoms with Crippen molar-refractivity contribution >= 4 is 17.4 Å². The van der Waals surface area contributed by atoms with Crippen LogP contribution < -0.4 is 5.32 Å². The fourth-order valence-electron chi connectivity index (χ4n) is 1.21. The molecule has 1 aromatic heterocycles. The minimum atomic E-state index is 0.0498. The predicted octanol–water partition coefficient (Wildman–Crippen LogP) is 1.57. The molecule has 1 heterocycles. The Labute approximate surface area is 94.0 Å². The molecule has 0 bridgehead atoms. The van der Waals surface area contributed by atoms with E-state index in [4.69, 9.17) is 16.7 Å². The highest BCUT2D eigenvalue weighted by Gasteiger charge is 2.09. The van der Waals surface area contributed by atoms with Gasteiger partial charge in [0, 0.05) is 12.1 Å². The second-order valence-electron chi connectivity index (χ2n) is 3.03. The maximum absolute atomic E-state index is 8.73. The summed E-state index contributed by atoms with van der Waals surface area (Å²) in [6.45, 7) is 5.91. The van der Waals surface area contributed by atoms with E-state index in [9.17, 15) is 0 Å². The average Bonchev–Trinajstić information content (AvgIpc) is 2.19. The van der Waals surface area contributed by atoms with Crippen molar-refractivity contribution in [3.63, 3.8) is 0 Å². The maximum atomic E-state index is 8.73. The lowest BCUT2D eigenvalue weighted by Gasteiger charge is -2.10. The number of nitrogens with one attached hydrogen (secondary N) is 1. The van der Waals surface area contributed by atoms with Crippen molar-refractivity contribution in [2.75, 3.05) is 18.5 Å². The van der Waals surface area contributed by atoms with Crippen molar-refractivity contribution < 1.29 is 5.11 Å². The largest absolute Gasteiger partial charge is 0.395 e. The first-order valence-electron chi connectivity index (χ1n) is 4.67. The molecule has 0 aliphatic carbocycles. The summed E-state index contributed by atoms with van der Waals surface area (Å²) in [5.41, 5.74) is 0.811. The summed E-state index contributed by atoms with van der Waals surface area (Å²) in [4.78, 5) is 8.29. The zero-order valence-corrected chi connectivity index (χ0v) is 9.38. The van der Waals surface area contributed by atoms with Gasteiger partial charge in [-0.05, 0) is 13.3 Å². The average molecular weight is 228 g/mol. The molecule has 0 aliphatic heterocycles. The van der Waals surface area contributed by atoms with Crippen LogP contribution in [0.25, 0.3) is 0 Å². The van der Waals surface area contributed by atoms with Crippen LogP contribution >= 0.6 is 11.6 Å². The summed E-state index contributed by atoms with van der Waals surface area (Å²) in [6, 6.07) is 0. The molecular formula is C10H14ClN3O. The van der Waals surface area contributed by atoms with E-state index in [2.05, 4.69) is 21.9 Å². The van der Waals surface area contributed by atoms with Gasteiger partial charge in [0.05, 0.1) is 6.61 Å². The van der Waals surface area contributed by atoms with E-state index in [-0.39, 0.29) is 6.61 Å². The molecule has 0 unspecified atom stereocenters. The van der Waals surface area contributed by atoms with E-state index < -0.39 is 0 Å². The van der Waals surface area contributed by atoms with Crippen LogP contribution in [0.1, 0.15) is 11.4 Å². The summed E-state index contributed by atoms with van der Waals surface area (Å²) >= 11 is 5.99. The summed E-state index contributed by atoms with van der Waals surface area (Å²) in [6.07, 6.45) is 2.34. The van der Waals surface area contributed by atoms with Gasteiger partial charge >= 0.3 is 0 Å². The SMILES string of the molecule is C=CCc1c(Cl)nc(C)nc1NCCO. The van der Waals surface area contributed by atoms with Gasteiger partial charge < -0.3 is 10.4 Å². The van der Waals surface area contributed by atoms with Crippen LogP contribution in [0, 0.1) is 6.92 Å². The van der Waals surface area contributed by atoms with Gasteiger partial charge in [0.25, 0.3) is 0 Å². The first kappa shape index (κ1) is 11.9.